The highest BCUT2D eigenvalue weighted by Crippen LogP contribution is 2.39. The summed E-state index contributed by atoms with van der Waals surface area (Å²) in [4.78, 5) is 19.0. The Bertz CT molecular complexity index is 2140. The largest absolute Gasteiger partial charge is 0.288 e. The van der Waals surface area contributed by atoms with Crippen LogP contribution in [-0.2, 0) is 0 Å². The van der Waals surface area contributed by atoms with Gasteiger partial charge >= 0.3 is 0 Å². The number of nitrogens with zero attached hydrogens (tertiary/aromatic N) is 4. The quantitative estimate of drug-likeness (QED) is 0.198. The smallest absolute Gasteiger partial charge is 0.164 e. The number of allylic oxidation sites excluding steroid dienone is 1. The Morgan fingerprint density at radius 1 is 0.400 bits per heavy atom. The molecule has 8 rings (SSSR count). The van der Waals surface area contributed by atoms with Gasteiger partial charge in [0.2, 0.25) is 0 Å². The van der Waals surface area contributed by atoms with Crippen molar-refractivity contribution >= 4 is 22.6 Å². The Kier molecular flexibility index (Phi) is 6.85. The predicted molar refractivity (Wildman–Crippen MR) is 186 cm³/mol. The number of hydrogen-bond donors (Lipinski definition) is 0. The Hall–Kier alpha value is -6.00. The molecule has 1 aliphatic heterocycles. The molecular formula is C41H28N4. The van der Waals surface area contributed by atoms with Crippen LogP contribution in [0, 0.1) is 0 Å². The van der Waals surface area contributed by atoms with E-state index in [1.807, 2.05) is 66.9 Å². The minimum absolute atomic E-state index is 0.647. The molecule has 2 heterocycles. The van der Waals surface area contributed by atoms with Crippen molar-refractivity contribution in [2.24, 2.45) is 4.99 Å². The average Bonchev–Trinajstić information content (AvgIpc) is 3.67. The molecule has 0 aliphatic carbocycles. The first-order valence-corrected chi connectivity index (χ1v) is 15.1. The summed E-state index contributed by atoms with van der Waals surface area (Å²) in [6, 6.07) is 50.6. The van der Waals surface area contributed by atoms with Crippen molar-refractivity contribution in [2.45, 2.75) is 0 Å². The molecule has 1 aliphatic rings. The van der Waals surface area contributed by atoms with E-state index in [0.717, 1.165) is 28.8 Å². The first-order valence-electron chi connectivity index (χ1n) is 15.1. The summed E-state index contributed by atoms with van der Waals surface area (Å²) in [7, 11) is 0. The fourth-order valence-electron chi connectivity index (χ4n) is 5.94. The molecule has 0 saturated heterocycles. The molecular weight excluding hydrogens is 548 g/mol. The minimum atomic E-state index is 0.647. The van der Waals surface area contributed by atoms with Gasteiger partial charge in [-0.1, -0.05) is 152 Å². The van der Waals surface area contributed by atoms with Crippen molar-refractivity contribution in [3.05, 3.63) is 157 Å². The normalized spacial score (nSPS) is 12.4. The van der Waals surface area contributed by atoms with Crippen molar-refractivity contribution in [3.63, 3.8) is 0 Å². The zero-order valence-electron chi connectivity index (χ0n) is 24.5. The lowest BCUT2D eigenvalue weighted by atomic mass is 9.89. The Balaban J connectivity index is 1.22. The molecule has 0 N–H and O–H groups in total. The molecule has 212 valence electrons. The average molecular weight is 577 g/mol. The molecule has 0 radical (unpaired) electrons. The number of aliphatic imine (C=N–C) groups is 1. The summed E-state index contributed by atoms with van der Waals surface area (Å²) in [6.07, 6.45) is 4.12. The molecule has 4 nitrogen and oxygen atoms in total. The number of hydrogen-bond acceptors (Lipinski definition) is 4. The third-order valence-corrected chi connectivity index (χ3v) is 8.24. The van der Waals surface area contributed by atoms with Crippen LogP contribution in [0.1, 0.15) is 5.56 Å². The number of benzene rings is 6. The number of rotatable bonds is 6. The van der Waals surface area contributed by atoms with Crippen LogP contribution in [0.2, 0.25) is 0 Å². The van der Waals surface area contributed by atoms with Crippen molar-refractivity contribution < 1.29 is 0 Å². The monoisotopic (exact) mass is 576 g/mol. The zero-order chi connectivity index (χ0) is 30.0. The van der Waals surface area contributed by atoms with E-state index in [1.165, 1.54) is 38.6 Å². The Morgan fingerprint density at radius 3 is 1.51 bits per heavy atom. The van der Waals surface area contributed by atoms with Crippen LogP contribution in [0.4, 0.5) is 0 Å². The molecule has 0 unspecified atom stereocenters. The summed E-state index contributed by atoms with van der Waals surface area (Å²) in [6.45, 7) is 0.756. The molecule has 45 heavy (non-hydrogen) atoms. The molecule has 1 aromatic heterocycles. The highest BCUT2D eigenvalue weighted by atomic mass is 15.0. The fraction of sp³-hybridized carbons (Fsp3) is 0.0244. The molecule has 0 amide bonds. The van der Waals surface area contributed by atoms with Gasteiger partial charge in [0.15, 0.2) is 17.5 Å². The van der Waals surface area contributed by atoms with Gasteiger partial charge in [-0.2, -0.15) is 0 Å². The lowest BCUT2D eigenvalue weighted by molar-refractivity contribution is 1.07. The van der Waals surface area contributed by atoms with Gasteiger partial charge in [-0.25, -0.2) is 15.0 Å². The lowest BCUT2D eigenvalue weighted by Gasteiger charge is -2.15. The summed E-state index contributed by atoms with van der Waals surface area (Å²) in [5.74, 6) is 1.96. The molecule has 4 heteroatoms. The molecule has 0 spiro atoms. The number of aromatic nitrogens is 3. The van der Waals surface area contributed by atoms with Crippen molar-refractivity contribution in [1.82, 2.24) is 15.0 Å². The summed E-state index contributed by atoms with van der Waals surface area (Å²) in [5.41, 5.74) is 9.94. The van der Waals surface area contributed by atoms with E-state index in [4.69, 9.17) is 15.0 Å². The molecule has 0 bridgehead atoms. The molecule has 0 fully saturated rings. The second-order valence-corrected chi connectivity index (χ2v) is 11.1. The second kappa shape index (κ2) is 11.6. The van der Waals surface area contributed by atoms with Crippen LogP contribution in [0.5, 0.6) is 0 Å². The minimum Gasteiger partial charge on any atom is -0.288 e. The SMILES string of the molecule is C1=NCC=C1c1ccc(-c2c(-c3ccc(-c4nc(-c5ccccc5)nc(-c5ccccc5)n4)cc3)ccc3ccccc23)cc1. The van der Waals surface area contributed by atoms with E-state index >= 15 is 0 Å². The fourth-order valence-corrected chi connectivity index (χ4v) is 5.94. The van der Waals surface area contributed by atoms with Gasteiger partial charge in [0, 0.05) is 22.9 Å². The van der Waals surface area contributed by atoms with Gasteiger partial charge < -0.3 is 0 Å². The van der Waals surface area contributed by atoms with Crippen LogP contribution in [0.25, 0.3) is 72.8 Å². The molecule has 6 aromatic carbocycles. The lowest BCUT2D eigenvalue weighted by Crippen LogP contribution is -2.00. The van der Waals surface area contributed by atoms with Crippen LogP contribution < -0.4 is 0 Å². The first kappa shape index (κ1) is 26.6. The highest BCUT2D eigenvalue weighted by molar-refractivity contribution is 6.12. The van der Waals surface area contributed by atoms with Crippen LogP contribution in [0.15, 0.2) is 157 Å². The van der Waals surface area contributed by atoms with E-state index in [-0.39, 0.29) is 0 Å². The van der Waals surface area contributed by atoms with Gasteiger partial charge in [0.25, 0.3) is 0 Å². The summed E-state index contributed by atoms with van der Waals surface area (Å²) >= 11 is 0. The molecule has 0 atom stereocenters. The maximum absolute atomic E-state index is 4.91. The predicted octanol–water partition coefficient (Wildman–Crippen LogP) is 9.83. The van der Waals surface area contributed by atoms with Gasteiger partial charge in [-0.3, -0.25) is 4.99 Å². The third-order valence-electron chi connectivity index (χ3n) is 8.24. The standard InChI is InChI=1S/C41H28N4/c1-3-10-32(11-4-1)39-43-40(33-12-5-2-6-13-33)45-41(44-39)34-21-17-30(18-22-34)37-24-23-29-9-7-8-14-36(29)38(37)31-19-15-28(16-20-31)35-25-26-42-27-35/h1-25,27H,26H2. The van der Waals surface area contributed by atoms with Gasteiger partial charge in [0.1, 0.15) is 0 Å². The van der Waals surface area contributed by atoms with Crippen LogP contribution >= 0.6 is 0 Å². The number of fused-ring (bicyclic) bond motifs is 1. The van der Waals surface area contributed by atoms with E-state index < -0.39 is 0 Å². The van der Waals surface area contributed by atoms with Crippen molar-refractivity contribution in [1.29, 1.82) is 0 Å². The molecule has 0 saturated carbocycles. The highest BCUT2D eigenvalue weighted by Gasteiger charge is 2.15. The van der Waals surface area contributed by atoms with Crippen LogP contribution in [-0.4, -0.2) is 27.7 Å². The maximum atomic E-state index is 4.91. The van der Waals surface area contributed by atoms with E-state index in [1.54, 1.807) is 0 Å². The first-order chi connectivity index (χ1) is 22.3. The van der Waals surface area contributed by atoms with E-state index in [2.05, 4.69) is 96.0 Å². The van der Waals surface area contributed by atoms with E-state index in [9.17, 15) is 0 Å². The topological polar surface area (TPSA) is 51.0 Å². The summed E-state index contributed by atoms with van der Waals surface area (Å²) < 4.78 is 0. The van der Waals surface area contributed by atoms with Crippen LogP contribution in [0.3, 0.4) is 0 Å². The van der Waals surface area contributed by atoms with Gasteiger partial charge in [-0.05, 0) is 44.2 Å². The van der Waals surface area contributed by atoms with Crippen molar-refractivity contribution in [3.8, 4) is 56.4 Å². The molecule has 7 aromatic rings. The maximum Gasteiger partial charge on any atom is 0.164 e. The van der Waals surface area contributed by atoms with Gasteiger partial charge in [-0.15, -0.1) is 0 Å². The van der Waals surface area contributed by atoms with Crippen molar-refractivity contribution in [2.75, 3.05) is 6.54 Å². The van der Waals surface area contributed by atoms with Gasteiger partial charge in [0.05, 0.1) is 6.54 Å². The second-order valence-electron chi connectivity index (χ2n) is 11.1. The Labute approximate surface area is 262 Å². The third kappa shape index (κ3) is 5.23. The summed E-state index contributed by atoms with van der Waals surface area (Å²) in [5, 5.41) is 2.44. The van der Waals surface area contributed by atoms with E-state index in [0.29, 0.717) is 17.5 Å². The zero-order valence-corrected chi connectivity index (χ0v) is 24.5. The Morgan fingerprint density at radius 2 is 0.911 bits per heavy atom.